The van der Waals surface area contributed by atoms with E-state index in [9.17, 15) is 9.59 Å². The van der Waals surface area contributed by atoms with Gasteiger partial charge in [-0.3, -0.25) is 4.79 Å². The van der Waals surface area contributed by atoms with Crippen molar-refractivity contribution >= 4 is 17.6 Å². The third kappa shape index (κ3) is 5.75. The van der Waals surface area contributed by atoms with E-state index in [1.807, 2.05) is 51.1 Å². The van der Waals surface area contributed by atoms with Crippen LogP contribution >= 0.6 is 0 Å². The molecule has 2 aromatic rings. The number of nitrogens with one attached hydrogen (secondary N) is 1. The van der Waals surface area contributed by atoms with Crippen LogP contribution in [0.15, 0.2) is 54.1 Å². The quantitative estimate of drug-likeness (QED) is 0.696. The summed E-state index contributed by atoms with van der Waals surface area (Å²) in [7, 11) is 1.65. The maximum atomic E-state index is 13.2. The van der Waals surface area contributed by atoms with Gasteiger partial charge in [-0.15, -0.1) is 0 Å². The van der Waals surface area contributed by atoms with Gasteiger partial charge in [0.1, 0.15) is 11.4 Å². The smallest absolute Gasteiger partial charge is 0.410 e. The summed E-state index contributed by atoms with van der Waals surface area (Å²) < 4.78 is 11.2. The number of hydrogen-bond acceptors (Lipinski definition) is 4. The van der Waals surface area contributed by atoms with Crippen LogP contribution in [0, 0.1) is 0 Å². The van der Waals surface area contributed by atoms with Crippen LogP contribution in [0.2, 0.25) is 0 Å². The summed E-state index contributed by atoms with van der Waals surface area (Å²) in [6.07, 6.45) is 2.17. The predicted octanol–water partition coefficient (Wildman–Crippen LogP) is 5.04. The fourth-order valence-electron chi connectivity index (χ4n) is 3.96. The molecular weight excluding hydrogens is 416 g/mol. The van der Waals surface area contributed by atoms with Crippen molar-refractivity contribution in [3.8, 4) is 16.9 Å². The first-order chi connectivity index (χ1) is 15.7. The molecule has 6 heteroatoms. The van der Waals surface area contributed by atoms with Gasteiger partial charge in [-0.2, -0.15) is 0 Å². The van der Waals surface area contributed by atoms with Gasteiger partial charge in [0.2, 0.25) is 5.91 Å². The number of benzene rings is 2. The molecule has 2 amide bonds. The van der Waals surface area contributed by atoms with Gasteiger partial charge < -0.3 is 19.7 Å². The average Bonchev–Trinajstić information content (AvgIpc) is 3.61. The molecule has 2 aliphatic rings. The minimum atomic E-state index is -0.588. The molecule has 0 spiro atoms. The summed E-state index contributed by atoms with van der Waals surface area (Å²) in [6, 6.07) is 16.4. The lowest BCUT2D eigenvalue weighted by Crippen LogP contribution is -2.43. The molecule has 0 atom stereocenters. The van der Waals surface area contributed by atoms with Crippen LogP contribution in [0.4, 0.5) is 4.79 Å². The third-order valence-electron chi connectivity index (χ3n) is 5.78. The van der Waals surface area contributed by atoms with Gasteiger partial charge in [0, 0.05) is 18.2 Å². The van der Waals surface area contributed by atoms with Crippen molar-refractivity contribution in [2.24, 2.45) is 0 Å². The maximum Gasteiger partial charge on any atom is 0.410 e. The Hall–Kier alpha value is -3.28. The molecule has 0 aromatic heterocycles. The number of ether oxygens (including phenoxy) is 2. The molecule has 1 aliphatic carbocycles. The van der Waals surface area contributed by atoms with Crippen molar-refractivity contribution in [3.63, 3.8) is 0 Å². The Labute approximate surface area is 195 Å². The lowest BCUT2D eigenvalue weighted by Gasteiger charge is -2.32. The zero-order valence-electron chi connectivity index (χ0n) is 19.8. The highest BCUT2D eigenvalue weighted by atomic mass is 16.6. The molecule has 6 nitrogen and oxygen atoms in total. The Morgan fingerprint density at radius 3 is 2.33 bits per heavy atom. The van der Waals surface area contributed by atoms with E-state index >= 15 is 0 Å². The van der Waals surface area contributed by atoms with E-state index in [0.717, 1.165) is 40.9 Å². The summed E-state index contributed by atoms with van der Waals surface area (Å²) in [4.78, 5) is 27.6. The highest BCUT2D eigenvalue weighted by Gasteiger charge is 2.32. The second-order valence-corrected chi connectivity index (χ2v) is 9.67. The highest BCUT2D eigenvalue weighted by Crippen LogP contribution is 2.35. The summed E-state index contributed by atoms with van der Waals surface area (Å²) in [5.41, 5.74) is 4.02. The van der Waals surface area contributed by atoms with Crippen LogP contribution in [0.3, 0.4) is 0 Å². The molecule has 1 saturated carbocycles. The van der Waals surface area contributed by atoms with Crippen molar-refractivity contribution in [2.75, 3.05) is 20.2 Å². The highest BCUT2D eigenvalue weighted by molar-refractivity contribution is 6.03. The number of amides is 2. The minimum Gasteiger partial charge on any atom is -0.497 e. The van der Waals surface area contributed by atoms with Gasteiger partial charge in [-0.1, -0.05) is 30.3 Å². The van der Waals surface area contributed by atoms with E-state index in [0.29, 0.717) is 18.5 Å². The Kier molecular flexibility index (Phi) is 6.45. The van der Waals surface area contributed by atoms with Gasteiger partial charge in [0.05, 0.1) is 13.7 Å². The summed E-state index contributed by atoms with van der Waals surface area (Å²) >= 11 is 0. The van der Waals surface area contributed by atoms with Gasteiger partial charge in [0.25, 0.3) is 0 Å². The van der Waals surface area contributed by atoms with Gasteiger partial charge in [-0.05, 0) is 80.5 Å². The van der Waals surface area contributed by atoms with E-state index in [1.165, 1.54) is 0 Å². The first-order valence-corrected chi connectivity index (χ1v) is 11.5. The maximum absolute atomic E-state index is 13.2. The number of hydrogen-bond donors (Lipinski definition) is 1. The average molecular weight is 449 g/mol. The largest absolute Gasteiger partial charge is 0.497 e. The van der Waals surface area contributed by atoms with E-state index in [1.54, 1.807) is 12.0 Å². The van der Waals surface area contributed by atoms with Crippen molar-refractivity contribution in [2.45, 2.75) is 51.7 Å². The molecule has 0 radical (unpaired) electrons. The number of nitrogens with zero attached hydrogens (tertiary/aromatic N) is 1. The Bertz CT molecular complexity index is 1070. The summed E-state index contributed by atoms with van der Waals surface area (Å²) in [5, 5.41) is 3.10. The van der Waals surface area contributed by atoms with E-state index in [-0.39, 0.29) is 18.5 Å². The summed E-state index contributed by atoms with van der Waals surface area (Å²) in [6.45, 7) is 6.25. The molecule has 0 saturated heterocycles. The fraction of sp³-hybridized carbons (Fsp3) is 0.407. The molecule has 1 aliphatic heterocycles. The van der Waals surface area contributed by atoms with Gasteiger partial charge in [-0.25, -0.2) is 4.79 Å². The number of carbonyl (C=O) groups excluding carboxylic acids is 2. The number of carbonyl (C=O) groups is 2. The normalized spacial score (nSPS) is 16.4. The van der Waals surface area contributed by atoms with E-state index in [2.05, 4.69) is 23.5 Å². The molecule has 1 N–H and O–H groups in total. The topological polar surface area (TPSA) is 67.9 Å². The Morgan fingerprint density at radius 1 is 1.00 bits per heavy atom. The fourth-order valence-corrected chi connectivity index (χ4v) is 3.96. The van der Waals surface area contributed by atoms with E-state index in [4.69, 9.17) is 9.47 Å². The van der Waals surface area contributed by atoms with Gasteiger partial charge >= 0.3 is 6.09 Å². The van der Waals surface area contributed by atoms with Gasteiger partial charge in [0.15, 0.2) is 0 Å². The molecular formula is C27H32N2O4. The van der Waals surface area contributed by atoms with Crippen LogP contribution in [-0.2, 0) is 9.53 Å². The molecule has 174 valence electrons. The van der Waals surface area contributed by atoms with Crippen molar-refractivity contribution in [1.82, 2.24) is 10.2 Å². The number of methoxy groups -OCH3 is 1. The predicted molar refractivity (Wildman–Crippen MR) is 129 cm³/mol. The van der Waals surface area contributed by atoms with Crippen LogP contribution in [0.25, 0.3) is 16.7 Å². The van der Waals surface area contributed by atoms with Crippen LogP contribution in [0.1, 0.15) is 45.6 Å². The number of rotatable bonds is 5. The first-order valence-electron chi connectivity index (χ1n) is 11.5. The van der Waals surface area contributed by atoms with Crippen molar-refractivity contribution in [3.05, 3.63) is 59.7 Å². The summed E-state index contributed by atoms with van der Waals surface area (Å²) in [5.74, 6) is 0.625. The van der Waals surface area contributed by atoms with Crippen LogP contribution in [0.5, 0.6) is 5.75 Å². The third-order valence-corrected chi connectivity index (χ3v) is 5.78. The monoisotopic (exact) mass is 448 g/mol. The molecule has 1 heterocycles. The van der Waals surface area contributed by atoms with Crippen molar-refractivity contribution < 1.29 is 19.1 Å². The minimum absolute atomic E-state index is 0.107. The van der Waals surface area contributed by atoms with Crippen LogP contribution in [-0.4, -0.2) is 48.7 Å². The Balaban J connectivity index is 1.72. The molecule has 1 fully saturated rings. The lowest BCUT2D eigenvalue weighted by atomic mass is 9.90. The zero-order valence-corrected chi connectivity index (χ0v) is 19.8. The molecule has 0 unspecified atom stereocenters. The zero-order chi connectivity index (χ0) is 23.6. The second kappa shape index (κ2) is 9.30. The molecule has 33 heavy (non-hydrogen) atoms. The molecule has 2 aromatic carbocycles. The second-order valence-electron chi connectivity index (χ2n) is 9.67. The lowest BCUT2D eigenvalue weighted by molar-refractivity contribution is -0.117. The van der Waals surface area contributed by atoms with Crippen molar-refractivity contribution in [1.29, 1.82) is 0 Å². The Morgan fingerprint density at radius 2 is 1.70 bits per heavy atom. The standard InChI is InChI=1S/C27H32N2O4/c1-27(2,3)33-26(31)29-13-12-23(24(17-29)25(30)28-21-10-11-21)20-14-19(15-22(16-20)32-4)18-8-6-5-7-9-18/h5-9,14-16,21H,10-13,17H2,1-4H3,(H,28,30). The molecule has 0 bridgehead atoms. The molecule has 4 rings (SSSR count). The van der Waals surface area contributed by atoms with Crippen LogP contribution < -0.4 is 10.1 Å². The SMILES string of the molecule is COc1cc(C2=C(C(=O)NC3CC3)CN(C(=O)OC(C)(C)C)CC2)cc(-c2ccccc2)c1. The van der Waals surface area contributed by atoms with E-state index < -0.39 is 11.7 Å². The first kappa shape index (κ1) is 22.9.